The Hall–Kier alpha value is -1.02. The topological polar surface area (TPSA) is 24.1 Å². The van der Waals surface area contributed by atoms with Gasteiger partial charge in [0.2, 0.25) is 0 Å². The van der Waals surface area contributed by atoms with Crippen LogP contribution in [0.15, 0.2) is 18.2 Å². The monoisotopic (exact) mass is 190 g/mol. The zero-order valence-electron chi connectivity index (χ0n) is 8.93. The Labute approximate surface area is 85.7 Å². The number of rotatable bonds is 2. The Morgan fingerprint density at radius 1 is 1.43 bits per heavy atom. The molecule has 1 saturated heterocycles. The van der Waals surface area contributed by atoms with Gasteiger partial charge in [0.05, 0.1) is 0 Å². The maximum Gasteiger partial charge on any atom is 0.0370 e. The third-order valence-electron chi connectivity index (χ3n) is 3.06. The molecule has 0 amide bonds. The van der Waals surface area contributed by atoms with Gasteiger partial charge in [0.25, 0.3) is 0 Å². The Morgan fingerprint density at radius 2 is 2.29 bits per heavy atom. The summed E-state index contributed by atoms with van der Waals surface area (Å²) < 4.78 is 0. The normalized spacial score (nSPS) is 21.1. The minimum Gasteiger partial charge on any atom is -0.388 e. The van der Waals surface area contributed by atoms with E-state index in [0.717, 1.165) is 13.1 Å². The standard InChI is InChI=1S/C12H18N2/c1-9-3-4-10(7-12(9)13-2)11-5-6-14-8-11/h3-4,7,11,13-14H,5-6,8H2,1-2H3. The second-order valence-electron chi connectivity index (χ2n) is 4.01. The van der Waals surface area contributed by atoms with Gasteiger partial charge in [-0.25, -0.2) is 0 Å². The zero-order valence-corrected chi connectivity index (χ0v) is 8.93. The molecule has 2 N–H and O–H groups in total. The van der Waals surface area contributed by atoms with Crippen LogP contribution in [-0.2, 0) is 0 Å². The van der Waals surface area contributed by atoms with Crippen LogP contribution in [0.2, 0.25) is 0 Å². The molecule has 1 aliphatic heterocycles. The summed E-state index contributed by atoms with van der Waals surface area (Å²) in [6.07, 6.45) is 1.27. The molecule has 1 aliphatic rings. The Balaban J connectivity index is 2.25. The quantitative estimate of drug-likeness (QED) is 0.746. The molecule has 0 aliphatic carbocycles. The fraction of sp³-hybridized carbons (Fsp3) is 0.500. The van der Waals surface area contributed by atoms with Crippen molar-refractivity contribution >= 4 is 5.69 Å². The first-order valence-corrected chi connectivity index (χ1v) is 5.30. The number of nitrogens with one attached hydrogen (secondary N) is 2. The molecule has 0 radical (unpaired) electrons. The van der Waals surface area contributed by atoms with Crippen molar-refractivity contribution in [2.45, 2.75) is 19.3 Å². The highest BCUT2D eigenvalue weighted by Crippen LogP contribution is 2.26. The third kappa shape index (κ3) is 1.75. The molecular formula is C12H18N2. The van der Waals surface area contributed by atoms with Gasteiger partial charge >= 0.3 is 0 Å². The van der Waals surface area contributed by atoms with Gasteiger partial charge in [-0.15, -0.1) is 0 Å². The van der Waals surface area contributed by atoms with Crippen molar-refractivity contribution in [1.82, 2.24) is 5.32 Å². The molecule has 0 bridgehead atoms. The second-order valence-corrected chi connectivity index (χ2v) is 4.01. The highest BCUT2D eigenvalue weighted by atomic mass is 14.9. The Kier molecular flexibility index (Phi) is 2.73. The maximum absolute atomic E-state index is 3.40. The molecule has 0 saturated carbocycles. The molecule has 14 heavy (non-hydrogen) atoms. The van der Waals surface area contributed by atoms with E-state index < -0.39 is 0 Å². The highest BCUT2D eigenvalue weighted by Gasteiger charge is 2.16. The highest BCUT2D eigenvalue weighted by molar-refractivity contribution is 5.52. The average molecular weight is 190 g/mol. The summed E-state index contributed by atoms with van der Waals surface area (Å²) in [6, 6.07) is 6.75. The van der Waals surface area contributed by atoms with Crippen molar-refractivity contribution in [2.75, 3.05) is 25.5 Å². The van der Waals surface area contributed by atoms with E-state index >= 15 is 0 Å². The molecule has 1 unspecified atom stereocenters. The van der Waals surface area contributed by atoms with Crippen LogP contribution in [0.3, 0.4) is 0 Å². The molecule has 1 atom stereocenters. The number of benzene rings is 1. The summed E-state index contributed by atoms with van der Waals surface area (Å²) in [5, 5.41) is 6.64. The minimum atomic E-state index is 0.711. The molecule has 2 rings (SSSR count). The molecule has 1 aromatic carbocycles. The Bertz CT molecular complexity index is 314. The van der Waals surface area contributed by atoms with Crippen LogP contribution in [0.25, 0.3) is 0 Å². The van der Waals surface area contributed by atoms with Gasteiger partial charge in [0, 0.05) is 19.3 Å². The van der Waals surface area contributed by atoms with Crippen molar-refractivity contribution in [1.29, 1.82) is 0 Å². The van der Waals surface area contributed by atoms with Crippen LogP contribution in [-0.4, -0.2) is 20.1 Å². The number of hydrogen-bond donors (Lipinski definition) is 2. The third-order valence-corrected chi connectivity index (χ3v) is 3.06. The van der Waals surface area contributed by atoms with Gasteiger partial charge < -0.3 is 10.6 Å². The molecule has 76 valence electrons. The van der Waals surface area contributed by atoms with Crippen LogP contribution in [0.5, 0.6) is 0 Å². The molecule has 0 aromatic heterocycles. The SMILES string of the molecule is CNc1cc(C2CCNC2)ccc1C. The lowest BCUT2D eigenvalue weighted by atomic mass is 9.96. The summed E-state index contributed by atoms with van der Waals surface area (Å²) in [6.45, 7) is 4.43. The van der Waals surface area contributed by atoms with Gasteiger partial charge in [0.15, 0.2) is 0 Å². The fourth-order valence-corrected chi connectivity index (χ4v) is 2.10. The predicted molar refractivity (Wildman–Crippen MR) is 61.0 cm³/mol. The fourth-order valence-electron chi connectivity index (χ4n) is 2.10. The molecule has 1 fully saturated rings. The van der Waals surface area contributed by atoms with Crippen molar-refractivity contribution in [3.63, 3.8) is 0 Å². The second kappa shape index (κ2) is 4.01. The van der Waals surface area contributed by atoms with E-state index in [1.165, 1.54) is 23.2 Å². The first kappa shape index (κ1) is 9.53. The van der Waals surface area contributed by atoms with Gasteiger partial charge in [-0.3, -0.25) is 0 Å². The van der Waals surface area contributed by atoms with Crippen LogP contribution in [0.1, 0.15) is 23.5 Å². The average Bonchev–Trinajstić information content (AvgIpc) is 2.71. The van der Waals surface area contributed by atoms with E-state index in [-0.39, 0.29) is 0 Å². The largest absolute Gasteiger partial charge is 0.388 e. The summed E-state index contributed by atoms with van der Waals surface area (Å²) in [7, 11) is 1.99. The van der Waals surface area contributed by atoms with Crippen molar-refractivity contribution in [3.8, 4) is 0 Å². The summed E-state index contributed by atoms with van der Waals surface area (Å²) >= 11 is 0. The van der Waals surface area contributed by atoms with Crippen LogP contribution < -0.4 is 10.6 Å². The predicted octanol–water partition coefficient (Wildman–Crippen LogP) is 2.11. The maximum atomic E-state index is 3.40. The van der Waals surface area contributed by atoms with Gasteiger partial charge in [-0.1, -0.05) is 12.1 Å². The summed E-state index contributed by atoms with van der Waals surface area (Å²) in [5.74, 6) is 0.711. The molecule has 1 heterocycles. The van der Waals surface area contributed by atoms with E-state index in [1.54, 1.807) is 0 Å². The first-order chi connectivity index (χ1) is 6.81. The summed E-state index contributed by atoms with van der Waals surface area (Å²) in [4.78, 5) is 0. The van der Waals surface area contributed by atoms with Crippen molar-refractivity contribution < 1.29 is 0 Å². The lowest BCUT2D eigenvalue weighted by Gasteiger charge is -2.12. The van der Waals surface area contributed by atoms with Crippen LogP contribution in [0, 0.1) is 6.92 Å². The molecule has 1 aromatic rings. The van der Waals surface area contributed by atoms with E-state index in [4.69, 9.17) is 0 Å². The van der Waals surface area contributed by atoms with E-state index in [1.807, 2.05) is 7.05 Å². The van der Waals surface area contributed by atoms with Gasteiger partial charge in [-0.05, 0) is 43.0 Å². The smallest absolute Gasteiger partial charge is 0.0370 e. The number of hydrogen-bond acceptors (Lipinski definition) is 2. The van der Waals surface area contributed by atoms with Crippen LogP contribution >= 0.6 is 0 Å². The summed E-state index contributed by atoms with van der Waals surface area (Å²) in [5.41, 5.74) is 4.04. The zero-order chi connectivity index (χ0) is 9.97. The lowest BCUT2D eigenvalue weighted by Crippen LogP contribution is -2.08. The molecular weight excluding hydrogens is 172 g/mol. The van der Waals surface area contributed by atoms with Crippen molar-refractivity contribution in [3.05, 3.63) is 29.3 Å². The number of anilines is 1. The Morgan fingerprint density at radius 3 is 2.93 bits per heavy atom. The minimum absolute atomic E-state index is 0.711. The first-order valence-electron chi connectivity index (χ1n) is 5.30. The van der Waals surface area contributed by atoms with E-state index in [0.29, 0.717) is 5.92 Å². The van der Waals surface area contributed by atoms with Crippen molar-refractivity contribution in [2.24, 2.45) is 0 Å². The lowest BCUT2D eigenvalue weighted by molar-refractivity contribution is 0.763. The molecule has 2 heteroatoms. The molecule has 2 nitrogen and oxygen atoms in total. The van der Waals surface area contributed by atoms with Crippen LogP contribution in [0.4, 0.5) is 5.69 Å². The van der Waals surface area contributed by atoms with Gasteiger partial charge in [-0.2, -0.15) is 0 Å². The van der Waals surface area contributed by atoms with E-state index in [2.05, 4.69) is 35.8 Å². The van der Waals surface area contributed by atoms with E-state index in [9.17, 15) is 0 Å². The van der Waals surface area contributed by atoms with Gasteiger partial charge in [0.1, 0.15) is 0 Å². The molecule has 0 spiro atoms. The number of aryl methyl sites for hydroxylation is 1.